The third-order valence-corrected chi connectivity index (χ3v) is 0.882. The number of hydrogen-bond acceptors (Lipinski definition) is 2. The Morgan fingerprint density at radius 1 is 1.82 bits per heavy atom. The zero-order valence-electron chi connectivity index (χ0n) is 5.93. The second kappa shape index (κ2) is 3.43. The van der Waals surface area contributed by atoms with Crippen LogP contribution in [0.5, 0.6) is 0 Å². The molecule has 0 saturated heterocycles. The Bertz CT molecular complexity index is 177. The standard InChI is InChI=1S/C6H8F2O3/c1-4(7)3-11-6(2,8)5(9)10/h1,3H2,2H3,(H,9,10). The van der Waals surface area contributed by atoms with Gasteiger partial charge < -0.3 is 9.84 Å². The molecule has 0 aliphatic heterocycles. The summed E-state index contributed by atoms with van der Waals surface area (Å²) >= 11 is 0. The molecule has 64 valence electrons. The summed E-state index contributed by atoms with van der Waals surface area (Å²) in [5.41, 5.74) is 0. The largest absolute Gasteiger partial charge is 0.477 e. The van der Waals surface area contributed by atoms with Gasteiger partial charge in [-0.15, -0.1) is 0 Å². The number of carboxylic acids is 1. The van der Waals surface area contributed by atoms with Crippen LogP contribution in [-0.4, -0.2) is 23.5 Å². The average molecular weight is 166 g/mol. The maximum atomic E-state index is 12.5. The number of rotatable bonds is 4. The van der Waals surface area contributed by atoms with E-state index in [9.17, 15) is 13.6 Å². The molecule has 1 atom stereocenters. The molecule has 0 bridgehead atoms. The van der Waals surface area contributed by atoms with Crippen molar-refractivity contribution in [3.8, 4) is 0 Å². The molecule has 0 aromatic heterocycles. The van der Waals surface area contributed by atoms with Crippen LogP contribution in [0.2, 0.25) is 0 Å². The Labute approximate surface area is 62.3 Å². The minimum Gasteiger partial charge on any atom is -0.477 e. The molecule has 0 fully saturated rings. The third-order valence-electron chi connectivity index (χ3n) is 0.882. The fourth-order valence-corrected chi connectivity index (χ4v) is 0.276. The lowest BCUT2D eigenvalue weighted by Gasteiger charge is -2.14. The molecule has 0 rings (SSSR count). The highest BCUT2D eigenvalue weighted by atomic mass is 19.2. The first kappa shape index (κ1) is 10.0. The smallest absolute Gasteiger partial charge is 0.369 e. The summed E-state index contributed by atoms with van der Waals surface area (Å²) in [6, 6.07) is 0. The van der Waals surface area contributed by atoms with Crippen molar-refractivity contribution in [2.75, 3.05) is 6.61 Å². The van der Waals surface area contributed by atoms with Crippen LogP contribution in [0, 0.1) is 0 Å². The first-order valence-electron chi connectivity index (χ1n) is 2.76. The topological polar surface area (TPSA) is 46.5 Å². The van der Waals surface area contributed by atoms with Crippen molar-refractivity contribution in [2.45, 2.75) is 12.8 Å². The maximum absolute atomic E-state index is 12.5. The monoisotopic (exact) mass is 166 g/mol. The lowest BCUT2D eigenvalue weighted by molar-refractivity contribution is -0.188. The van der Waals surface area contributed by atoms with E-state index in [0.29, 0.717) is 6.92 Å². The Morgan fingerprint density at radius 2 is 2.27 bits per heavy atom. The van der Waals surface area contributed by atoms with Gasteiger partial charge in [0.1, 0.15) is 12.4 Å². The fourth-order valence-electron chi connectivity index (χ4n) is 0.276. The summed E-state index contributed by atoms with van der Waals surface area (Å²) in [5.74, 6) is -5.57. The first-order valence-corrected chi connectivity index (χ1v) is 2.76. The van der Waals surface area contributed by atoms with Crippen molar-refractivity contribution in [2.24, 2.45) is 0 Å². The normalized spacial score (nSPS) is 15.5. The summed E-state index contributed by atoms with van der Waals surface area (Å²) in [6.45, 7) is 2.69. The molecule has 0 spiro atoms. The lowest BCUT2D eigenvalue weighted by Crippen LogP contribution is -2.33. The summed E-state index contributed by atoms with van der Waals surface area (Å²) in [6.07, 6.45) is 0. The highest BCUT2D eigenvalue weighted by Gasteiger charge is 2.33. The van der Waals surface area contributed by atoms with E-state index >= 15 is 0 Å². The number of aliphatic carboxylic acids is 1. The van der Waals surface area contributed by atoms with E-state index in [2.05, 4.69) is 11.3 Å². The molecule has 0 amide bonds. The van der Waals surface area contributed by atoms with Crippen LogP contribution in [0.25, 0.3) is 0 Å². The molecule has 0 radical (unpaired) electrons. The molecule has 0 aliphatic carbocycles. The van der Waals surface area contributed by atoms with Gasteiger partial charge in [0.25, 0.3) is 0 Å². The van der Waals surface area contributed by atoms with Gasteiger partial charge in [-0.05, 0) is 0 Å². The van der Waals surface area contributed by atoms with E-state index in [-0.39, 0.29) is 0 Å². The van der Waals surface area contributed by atoms with Crippen LogP contribution < -0.4 is 0 Å². The van der Waals surface area contributed by atoms with Crippen LogP contribution >= 0.6 is 0 Å². The van der Waals surface area contributed by atoms with Gasteiger partial charge in [-0.3, -0.25) is 0 Å². The molecular formula is C6H8F2O3. The Morgan fingerprint density at radius 3 is 2.55 bits per heavy atom. The van der Waals surface area contributed by atoms with Crippen molar-refractivity contribution < 1.29 is 23.4 Å². The van der Waals surface area contributed by atoms with Gasteiger partial charge in [0.2, 0.25) is 0 Å². The van der Waals surface area contributed by atoms with E-state index < -0.39 is 24.3 Å². The minimum atomic E-state index is -2.85. The van der Waals surface area contributed by atoms with Crippen molar-refractivity contribution in [3.05, 3.63) is 12.4 Å². The number of carboxylic acid groups (broad SMARTS) is 1. The number of hydrogen-bond donors (Lipinski definition) is 1. The molecule has 11 heavy (non-hydrogen) atoms. The van der Waals surface area contributed by atoms with Gasteiger partial charge in [-0.25, -0.2) is 9.18 Å². The highest BCUT2D eigenvalue weighted by molar-refractivity contribution is 5.74. The van der Waals surface area contributed by atoms with Crippen LogP contribution in [0.3, 0.4) is 0 Å². The Kier molecular flexibility index (Phi) is 3.13. The zero-order valence-corrected chi connectivity index (χ0v) is 5.93. The molecule has 1 N–H and O–H groups in total. The van der Waals surface area contributed by atoms with Gasteiger partial charge >= 0.3 is 11.8 Å². The SMILES string of the molecule is C=C(F)COC(C)(F)C(=O)O. The zero-order chi connectivity index (χ0) is 9.07. The molecule has 0 aromatic carbocycles. The maximum Gasteiger partial charge on any atom is 0.369 e. The second-order valence-electron chi connectivity index (χ2n) is 2.03. The number of ether oxygens (including phenoxy) is 1. The summed E-state index contributed by atoms with van der Waals surface area (Å²) in [5, 5.41) is 8.10. The molecular weight excluding hydrogens is 158 g/mol. The van der Waals surface area contributed by atoms with E-state index in [4.69, 9.17) is 5.11 Å². The quantitative estimate of drug-likeness (QED) is 0.683. The van der Waals surface area contributed by atoms with E-state index in [1.807, 2.05) is 0 Å². The molecule has 3 nitrogen and oxygen atoms in total. The van der Waals surface area contributed by atoms with Crippen molar-refractivity contribution >= 4 is 5.97 Å². The van der Waals surface area contributed by atoms with Crippen LogP contribution in [0.15, 0.2) is 12.4 Å². The van der Waals surface area contributed by atoms with Crippen molar-refractivity contribution in [1.82, 2.24) is 0 Å². The summed E-state index contributed by atoms with van der Waals surface area (Å²) in [4.78, 5) is 9.98. The Balaban J connectivity index is 3.92. The van der Waals surface area contributed by atoms with E-state index in [1.54, 1.807) is 0 Å². The van der Waals surface area contributed by atoms with Crippen LogP contribution in [0.4, 0.5) is 8.78 Å². The average Bonchev–Trinajstić information content (AvgIpc) is 1.84. The molecule has 5 heteroatoms. The summed E-state index contributed by atoms with van der Waals surface area (Å²) in [7, 11) is 0. The second-order valence-corrected chi connectivity index (χ2v) is 2.03. The lowest BCUT2D eigenvalue weighted by atomic mass is 10.4. The summed E-state index contributed by atoms with van der Waals surface area (Å²) < 4.78 is 28.4. The van der Waals surface area contributed by atoms with Crippen LogP contribution in [0.1, 0.15) is 6.92 Å². The Hall–Kier alpha value is -0.970. The molecule has 0 saturated carbocycles. The molecule has 0 heterocycles. The van der Waals surface area contributed by atoms with Gasteiger partial charge in [0.05, 0.1) is 0 Å². The van der Waals surface area contributed by atoms with Crippen LogP contribution in [-0.2, 0) is 9.53 Å². The fraction of sp³-hybridized carbons (Fsp3) is 0.500. The first-order chi connectivity index (χ1) is 4.86. The van der Waals surface area contributed by atoms with Crippen molar-refractivity contribution in [3.63, 3.8) is 0 Å². The number of carbonyl (C=O) groups is 1. The molecule has 1 unspecified atom stereocenters. The van der Waals surface area contributed by atoms with Crippen molar-refractivity contribution in [1.29, 1.82) is 0 Å². The van der Waals surface area contributed by atoms with Gasteiger partial charge in [-0.1, -0.05) is 6.58 Å². The van der Waals surface area contributed by atoms with E-state index in [0.717, 1.165) is 0 Å². The number of halogens is 2. The van der Waals surface area contributed by atoms with Gasteiger partial charge in [-0.2, -0.15) is 4.39 Å². The van der Waals surface area contributed by atoms with E-state index in [1.165, 1.54) is 0 Å². The number of alkyl halides is 1. The molecule has 0 aromatic rings. The van der Waals surface area contributed by atoms with Gasteiger partial charge in [0.15, 0.2) is 0 Å². The predicted molar refractivity (Wildman–Crippen MR) is 33.3 cm³/mol. The minimum absolute atomic E-state index is 0.679. The predicted octanol–water partition coefficient (Wildman–Crippen LogP) is 1.26. The molecule has 0 aliphatic rings. The highest BCUT2D eigenvalue weighted by Crippen LogP contribution is 2.13. The third kappa shape index (κ3) is 3.67. The van der Waals surface area contributed by atoms with Gasteiger partial charge in [0, 0.05) is 6.92 Å².